The monoisotopic (exact) mass is 273 g/mol. The van der Waals surface area contributed by atoms with E-state index in [0.29, 0.717) is 10.0 Å². The molecule has 0 heterocycles. The number of ketones is 1. The molecule has 2 nitrogen and oxygen atoms in total. The lowest BCUT2D eigenvalue weighted by atomic mass is 9.95. The Bertz CT molecular complexity index is 385. The zero-order valence-corrected chi connectivity index (χ0v) is 10.3. The van der Waals surface area contributed by atoms with E-state index in [1.54, 1.807) is 26.0 Å². The van der Waals surface area contributed by atoms with Gasteiger partial charge in [-0.2, -0.15) is 0 Å². The summed E-state index contributed by atoms with van der Waals surface area (Å²) in [7, 11) is 0. The fraction of sp³-hybridized carbons (Fsp3) is 0.364. The molecule has 1 aromatic carbocycles. The van der Waals surface area contributed by atoms with Gasteiger partial charge >= 0.3 is 0 Å². The van der Waals surface area contributed by atoms with Crippen LogP contribution in [0.5, 0.6) is 0 Å². The van der Waals surface area contributed by atoms with Gasteiger partial charge in [0.2, 0.25) is 0 Å². The van der Waals surface area contributed by atoms with Crippen LogP contribution in [0.15, 0.2) is 22.7 Å². The Hall–Kier alpha value is -0.740. The first-order chi connectivity index (χ1) is 6.82. The summed E-state index contributed by atoms with van der Waals surface area (Å²) in [5, 5.41) is 0. The van der Waals surface area contributed by atoms with Crippen LogP contribution in [-0.2, 0) is 11.2 Å². The molecule has 0 radical (unpaired) electrons. The molecule has 0 atom stereocenters. The summed E-state index contributed by atoms with van der Waals surface area (Å²) in [6.45, 7) is 3.28. The van der Waals surface area contributed by atoms with Gasteiger partial charge in [-0.05, 0) is 41.4 Å². The molecule has 0 spiro atoms. The Balaban J connectivity index is 2.91. The zero-order valence-electron chi connectivity index (χ0n) is 8.68. The van der Waals surface area contributed by atoms with Crippen molar-refractivity contribution in [2.24, 2.45) is 5.73 Å². The highest BCUT2D eigenvalue weighted by Crippen LogP contribution is 2.21. The van der Waals surface area contributed by atoms with E-state index >= 15 is 0 Å². The molecular weight excluding hydrogens is 261 g/mol. The molecule has 15 heavy (non-hydrogen) atoms. The SMILES string of the molecule is CC(C)(N)C(=O)Cc1cccc(F)c1Br. The number of Topliss-reactive ketones (excluding diaryl/α,β-unsaturated/α-hetero) is 1. The first-order valence-corrected chi connectivity index (χ1v) is 5.36. The van der Waals surface area contributed by atoms with Crippen molar-refractivity contribution in [2.45, 2.75) is 25.8 Å². The maximum atomic E-state index is 13.1. The first kappa shape index (κ1) is 12.3. The lowest BCUT2D eigenvalue weighted by Gasteiger charge is -2.17. The van der Waals surface area contributed by atoms with Crippen molar-refractivity contribution < 1.29 is 9.18 Å². The largest absolute Gasteiger partial charge is 0.319 e. The van der Waals surface area contributed by atoms with Gasteiger partial charge in [-0.1, -0.05) is 12.1 Å². The molecule has 1 rings (SSSR count). The van der Waals surface area contributed by atoms with Gasteiger partial charge in [0.25, 0.3) is 0 Å². The van der Waals surface area contributed by atoms with Crippen LogP contribution in [0.25, 0.3) is 0 Å². The van der Waals surface area contributed by atoms with E-state index in [1.165, 1.54) is 6.07 Å². The molecule has 0 aliphatic carbocycles. The van der Waals surface area contributed by atoms with Crippen LogP contribution >= 0.6 is 15.9 Å². The van der Waals surface area contributed by atoms with Crippen molar-refractivity contribution in [3.63, 3.8) is 0 Å². The number of carbonyl (C=O) groups excluding carboxylic acids is 1. The topological polar surface area (TPSA) is 43.1 Å². The van der Waals surface area contributed by atoms with Crippen molar-refractivity contribution in [2.75, 3.05) is 0 Å². The van der Waals surface area contributed by atoms with E-state index in [2.05, 4.69) is 15.9 Å². The molecule has 0 amide bonds. The average molecular weight is 274 g/mol. The average Bonchev–Trinajstić information content (AvgIpc) is 2.11. The number of rotatable bonds is 3. The van der Waals surface area contributed by atoms with E-state index < -0.39 is 5.54 Å². The Morgan fingerprint density at radius 2 is 2.13 bits per heavy atom. The molecule has 2 N–H and O–H groups in total. The molecular formula is C11H13BrFNO. The molecule has 4 heteroatoms. The second-order valence-corrected chi connectivity index (χ2v) is 4.83. The number of benzene rings is 1. The summed E-state index contributed by atoms with van der Waals surface area (Å²) in [5.41, 5.74) is 5.40. The number of carbonyl (C=O) groups is 1. The van der Waals surface area contributed by atoms with Gasteiger partial charge in [0.1, 0.15) is 5.82 Å². The van der Waals surface area contributed by atoms with Crippen molar-refractivity contribution in [3.8, 4) is 0 Å². The smallest absolute Gasteiger partial charge is 0.156 e. The number of halogens is 2. The summed E-state index contributed by atoms with van der Waals surface area (Å²) in [6, 6.07) is 4.62. The van der Waals surface area contributed by atoms with Crippen LogP contribution in [0.1, 0.15) is 19.4 Å². The minimum Gasteiger partial charge on any atom is -0.319 e. The minimum atomic E-state index is -0.883. The van der Waals surface area contributed by atoms with Crippen LogP contribution in [0, 0.1) is 5.82 Å². The fourth-order valence-electron chi connectivity index (χ4n) is 1.09. The van der Waals surface area contributed by atoms with E-state index in [9.17, 15) is 9.18 Å². The van der Waals surface area contributed by atoms with E-state index in [-0.39, 0.29) is 18.0 Å². The van der Waals surface area contributed by atoms with Crippen LogP contribution in [-0.4, -0.2) is 11.3 Å². The van der Waals surface area contributed by atoms with Crippen LogP contribution in [0.3, 0.4) is 0 Å². The lowest BCUT2D eigenvalue weighted by Crippen LogP contribution is -2.42. The quantitative estimate of drug-likeness (QED) is 0.919. The van der Waals surface area contributed by atoms with Gasteiger partial charge in [0.05, 0.1) is 10.0 Å². The third kappa shape index (κ3) is 3.11. The Labute approximate surface area is 96.8 Å². The predicted octanol–water partition coefficient (Wildman–Crippen LogP) is 2.44. The Morgan fingerprint density at radius 3 is 2.67 bits per heavy atom. The van der Waals surface area contributed by atoms with Crippen LogP contribution in [0.4, 0.5) is 4.39 Å². The Kier molecular flexibility index (Phi) is 3.62. The summed E-state index contributed by atoms with van der Waals surface area (Å²) in [4.78, 5) is 11.6. The predicted molar refractivity (Wildman–Crippen MR) is 61.1 cm³/mol. The second kappa shape index (κ2) is 4.41. The van der Waals surface area contributed by atoms with E-state index in [1.807, 2.05) is 0 Å². The van der Waals surface area contributed by atoms with E-state index in [4.69, 9.17) is 5.73 Å². The van der Waals surface area contributed by atoms with E-state index in [0.717, 1.165) is 0 Å². The van der Waals surface area contributed by atoms with Gasteiger partial charge in [-0.3, -0.25) is 4.79 Å². The van der Waals surface area contributed by atoms with Gasteiger partial charge < -0.3 is 5.73 Å². The Morgan fingerprint density at radius 1 is 1.53 bits per heavy atom. The van der Waals surface area contributed by atoms with Gasteiger partial charge in [-0.25, -0.2) is 4.39 Å². The summed E-state index contributed by atoms with van der Waals surface area (Å²) >= 11 is 3.11. The molecule has 0 aliphatic heterocycles. The summed E-state index contributed by atoms with van der Waals surface area (Å²) < 4.78 is 13.5. The normalized spacial score (nSPS) is 11.5. The highest BCUT2D eigenvalue weighted by Gasteiger charge is 2.22. The molecule has 82 valence electrons. The maximum Gasteiger partial charge on any atom is 0.156 e. The maximum absolute atomic E-state index is 13.1. The van der Waals surface area contributed by atoms with Crippen molar-refractivity contribution in [1.82, 2.24) is 0 Å². The molecule has 0 unspecified atom stereocenters. The first-order valence-electron chi connectivity index (χ1n) is 4.57. The van der Waals surface area contributed by atoms with Crippen molar-refractivity contribution in [1.29, 1.82) is 0 Å². The molecule has 0 aromatic heterocycles. The highest BCUT2D eigenvalue weighted by atomic mass is 79.9. The third-order valence-corrected chi connectivity index (χ3v) is 2.99. The third-order valence-electron chi connectivity index (χ3n) is 2.10. The van der Waals surface area contributed by atoms with Crippen molar-refractivity contribution >= 4 is 21.7 Å². The van der Waals surface area contributed by atoms with Crippen LogP contribution in [0.2, 0.25) is 0 Å². The molecule has 1 aromatic rings. The molecule has 0 aliphatic rings. The van der Waals surface area contributed by atoms with Gasteiger partial charge in [0, 0.05) is 6.42 Å². The minimum absolute atomic E-state index is 0.117. The molecule has 0 bridgehead atoms. The van der Waals surface area contributed by atoms with Crippen LogP contribution < -0.4 is 5.73 Å². The number of hydrogen-bond acceptors (Lipinski definition) is 2. The summed E-state index contributed by atoms with van der Waals surface area (Å²) in [6.07, 6.45) is 0.141. The molecule has 0 fully saturated rings. The van der Waals surface area contributed by atoms with Gasteiger partial charge in [-0.15, -0.1) is 0 Å². The number of nitrogens with two attached hydrogens (primary N) is 1. The second-order valence-electron chi connectivity index (χ2n) is 4.03. The lowest BCUT2D eigenvalue weighted by molar-refractivity contribution is -0.122. The standard InChI is InChI=1S/C11H13BrFNO/c1-11(2,14)9(15)6-7-4-3-5-8(13)10(7)12/h3-5H,6,14H2,1-2H3. The fourth-order valence-corrected chi connectivity index (χ4v) is 1.49. The molecule has 0 saturated carbocycles. The molecule has 0 saturated heterocycles. The zero-order chi connectivity index (χ0) is 11.6. The number of hydrogen-bond donors (Lipinski definition) is 1. The highest BCUT2D eigenvalue weighted by molar-refractivity contribution is 9.10. The van der Waals surface area contributed by atoms with Gasteiger partial charge in [0.15, 0.2) is 5.78 Å². The summed E-state index contributed by atoms with van der Waals surface area (Å²) in [5.74, 6) is -0.482. The van der Waals surface area contributed by atoms with Crippen molar-refractivity contribution in [3.05, 3.63) is 34.1 Å².